The fourth-order valence-corrected chi connectivity index (χ4v) is 3.94. The molecule has 0 aromatic heterocycles. The molecule has 4 nitrogen and oxygen atoms in total. The number of carbonyl (C=O) groups is 1. The Morgan fingerprint density at radius 1 is 1.22 bits per heavy atom. The van der Waals surface area contributed by atoms with Crippen LogP contribution in [0.5, 0.6) is 0 Å². The maximum atomic E-state index is 13.1. The number of benzene rings is 2. The zero-order valence-electron chi connectivity index (χ0n) is 12.4. The van der Waals surface area contributed by atoms with E-state index in [9.17, 15) is 9.18 Å². The van der Waals surface area contributed by atoms with Crippen molar-refractivity contribution >= 4 is 28.4 Å². The van der Waals surface area contributed by atoms with Crippen molar-refractivity contribution in [2.75, 3.05) is 5.32 Å². The Kier molecular flexibility index (Phi) is 3.16. The van der Waals surface area contributed by atoms with Crippen molar-refractivity contribution in [3.63, 3.8) is 0 Å². The van der Waals surface area contributed by atoms with Crippen molar-refractivity contribution in [1.29, 1.82) is 0 Å². The lowest BCUT2D eigenvalue weighted by Crippen LogP contribution is -2.39. The second-order valence-electron chi connectivity index (χ2n) is 5.51. The number of anilines is 1. The Hall–Kier alpha value is -2.34. The van der Waals surface area contributed by atoms with Crippen LogP contribution in [0.2, 0.25) is 0 Å². The second kappa shape index (κ2) is 5.09. The summed E-state index contributed by atoms with van der Waals surface area (Å²) in [5, 5.41) is 7.90. The number of thioether (sulfide) groups is 1. The number of hydrogen-bond donors (Lipinski definition) is 2. The second-order valence-corrected chi connectivity index (χ2v) is 6.71. The van der Waals surface area contributed by atoms with Gasteiger partial charge >= 0.3 is 0 Å². The van der Waals surface area contributed by atoms with Gasteiger partial charge in [0, 0.05) is 16.8 Å². The van der Waals surface area contributed by atoms with Gasteiger partial charge in [0.2, 0.25) is 4.87 Å². The van der Waals surface area contributed by atoms with E-state index in [0.29, 0.717) is 5.04 Å². The predicted octanol–water partition coefficient (Wildman–Crippen LogP) is 3.19. The number of aryl methyl sites for hydroxylation is 1. The SMILES string of the molecule is CCc1ccc2c(c1)C1(NN=C(c3ccc(F)cc3)S1)C(=O)N2. The van der Waals surface area contributed by atoms with Crippen LogP contribution in [0.3, 0.4) is 0 Å². The van der Waals surface area contributed by atoms with Gasteiger partial charge in [-0.3, -0.25) is 10.2 Å². The van der Waals surface area contributed by atoms with E-state index < -0.39 is 4.87 Å². The first-order valence-corrected chi connectivity index (χ1v) is 8.19. The van der Waals surface area contributed by atoms with Crippen molar-refractivity contribution in [2.24, 2.45) is 5.10 Å². The summed E-state index contributed by atoms with van der Waals surface area (Å²) in [5.74, 6) is -0.428. The smallest absolute Gasteiger partial charge is 0.267 e. The molecule has 2 heterocycles. The number of fused-ring (bicyclic) bond motifs is 2. The van der Waals surface area contributed by atoms with Gasteiger partial charge in [0.15, 0.2) is 0 Å². The highest BCUT2D eigenvalue weighted by atomic mass is 32.2. The zero-order valence-corrected chi connectivity index (χ0v) is 13.2. The van der Waals surface area contributed by atoms with E-state index in [4.69, 9.17) is 0 Å². The summed E-state index contributed by atoms with van der Waals surface area (Å²) >= 11 is 1.35. The Bertz CT molecular complexity index is 834. The number of halogens is 1. The lowest BCUT2D eigenvalue weighted by atomic mass is 10.0. The molecule has 0 bridgehead atoms. The number of hydrogen-bond acceptors (Lipinski definition) is 4. The molecule has 116 valence electrons. The molecule has 0 fully saturated rings. The van der Waals surface area contributed by atoms with Crippen molar-refractivity contribution in [3.05, 3.63) is 65.0 Å². The van der Waals surface area contributed by atoms with E-state index in [1.54, 1.807) is 12.1 Å². The van der Waals surface area contributed by atoms with Gasteiger partial charge in [0.25, 0.3) is 5.91 Å². The molecule has 0 aliphatic carbocycles. The fourth-order valence-electron chi connectivity index (χ4n) is 2.79. The fraction of sp³-hybridized carbons (Fsp3) is 0.176. The highest BCUT2D eigenvalue weighted by Gasteiger charge is 2.52. The van der Waals surface area contributed by atoms with Gasteiger partial charge in [-0.25, -0.2) is 4.39 Å². The predicted molar refractivity (Wildman–Crippen MR) is 89.8 cm³/mol. The molecule has 0 saturated heterocycles. The minimum atomic E-state index is -0.940. The molecule has 2 aliphatic rings. The number of carbonyl (C=O) groups excluding carboxylic acids is 1. The van der Waals surface area contributed by atoms with Gasteiger partial charge in [-0.2, -0.15) is 5.10 Å². The van der Waals surface area contributed by atoms with Crippen LogP contribution in [0.4, 0.5) is 10.1 Å². The average Bonchev–Trinajstić information content (AvgIpc) is 3.12. The van der Waals surface area contributed by atoms with Crippen molar-refractivity contribution in [2.45, 2.75) is 18.2 Å². The van der Waals surface area contributed by atoms with Gasteiger partial charge in [0.1, 0.15) is 10.9 Å². The third kappa shape index (κ3) is 2.13. The number of rotatable bonds is 2. The standard InChI is InChI=1S/C17H14FN3OS/c1-2-10-3-8-14-13(9-10)17(16(22)19-14)21-20-15(23-17)11-4-6-12(18)7-5-11/h3-9,21H,2H2,1H3,(H,19,22). The molecular weight excluding hydrogens is 313 g/mol. The molecule has 4 rings (SSSR count). The van der Waals surface area contributed by atoms with E-state index in [0.717, 1.165) is 28.8 Å². The first kappa shape index (κ1) is 14.3. The Balaban J connectivity index is 1.72. The van der Waals surface area contributed by atoms with Crippen LogP contribution in [-0.2, 0) is 16.1 Å². The topological polar surface area (TPSA) is 53.5 Å². The molecule has 2 aromatic carbocycles. The molecule has 6 heteroatoms. The largest absolute Gasteiger partial charge is 0.323 e. The van der Waals surface area contributed by atoms with Crippen LogP contribution in [0.25, 0.3) is 0 Å². The molecule has 0 radical (unpaired) electrons. The van der Waals surface area contributed by atoms with Crippen LogP contribution in [-0.4, -0.2) is 11.0 Å². The third-order valence-electron chi connectivity index (χ3n) is 4.10. The van der Waals surface area contributed by atoms with Crippen molar-refractivity contribution < 1.29 is 9.18 Å². The summed E-state index contributed by atoms with van der Waals surface area (Å²) in [4.78, 5) is 11.6. The van der Waals surface area contributed by atoms with Crippen molar-refractivity contribution in [1.82, 2.24) is 5.43 Å². The lowest BCUT2D eigenvalue weighted by molar-refractivity contribution is -0.118. The van der Waals surface area contributed by atoms with Gasteiger partial charge in [-0.15, -0.1) is 0 Å². The zero-order chi connectivity index (χ0) is 16.0. The summed E-state index contributed by atoms with van der Waals surface area (Å²) in [7, 11) is 0. The molecule has 1 atom stereocenters. The minimum Gasteiger partial charge on any atom is -0.323 e. The summed E-state index contributed by atoms with van der Waals surface area (Å²) in [6, 6.07) is 12.1. The Morgan fingerprint density at radius 2 is 2.00 bits per heavy atom. The summed E-state index contributed by atoms with van der Waals surface area (Å²) < 4.78 is 13.1. The van der Waals surface area contributed by atoms with E-state index in [1.807, 2.05) is 18.2 Å². The summed E-state index contributed by atoms with van der Waals surface area (Å²) in [5.41, 5.74) is 6.65. The van der Waals surface area contributed by atoms with Crippen molar-refractivity contribution in [3.8, 4) is 0 Å². The number of nitrogens with zero attached hydrogens (tertiary/aromatic N) is 1. The quantitative estimate of drug-likeness (QED) is 0.891. The molecule has 2 aliphatic heterocycles. The normalized spacial score (nSPS) is 21.8. The highest BCUT2D eigenvalue weighted by Crippen LogP contribution is 2.48. The van der Waals surface area contributed by atoms with E-state index in [1.165, 1.54) is 23.9 Å². The third-order valence-corrected chi connectivity index (χ3v) is 5.42. The lowest BCUT2D eigenvalue weighted by Gasteiger charge is -2.20. The maximum absolute atomic E-state index is 13.1. The first-order valence-electron chi connectivity index (χ1n) is 7.37. The van der Waals surface area contributed by atoms with E-state index in [-0.39, 0.29) is 11.7 Å². The number of amides is 1. The van der Waals surface area contributed by atoms with Crippen LogP contribution in [0.15, 0.2) is 47.6 Å². The molecule has 1 amide bonds. The Labute approximate surface area is 137 Å². The van der Waals surface area contributed by atoms with Crippen LogP contribution < -0.4 is 10.7 Å². The average molecular weight is 327 g/mol. The van der Waals surface area contributed by atoms with Crippen LogP contribution in [0.1, 0.15) is 23.6 Å². The minimum absolute atomic E-state index is 0.133. The number of nitrogens with one attached hydrogen (secondary N) is 2. The van der Waals surface area contributed by atoms with E-state index in [2.05, 4.69) is 22.8 Å². The molecular formula is C17H14FN3OS. The summed E-state index contributed by atoms with van der Waals surface area (Å²) in [6.07, 6.45) is 0.897. The molecule has 2 aromatic rings. The monoisotopic (exact) mass is 327 g/mol. The Morgan fingerprint density at radius 3 is 2.74 bits per heavy atom. The maximum Gasteiger partial charge on any atom is 0.267 e. The molecule has 0 saturated carbocycles. The van der Waals surface area contributed by atoms with E-state index >= 15 is 0 Å². The molecule has 2 N–H and O–H groups in total. The van der Waals surface area contributed by atoms with Gasteiger partial charge in [0.05, 0.1) is 0 Å². The molecule has 1 spiro atoms. The first-order chi connectivity index (χ1) is 11.1. The van der Waals surface area contributed by atoms with Gasteiger partial charge in [-0.1, -0.05) is 24.8 Å². The van der Waals surface area contributed by atoms with Crippen LogP contribution in [0, 0.1) is 5.82 Å². The highest BCUT2D eigenvalue weighted by molar-refractivity contribution is 8.16. The number of hydrazone groups is 1. The van der Waals surface area contributed by atoms with Gasteiger partial charge < -0.3 is 5.32 Å². The molecule has 1 unspecified atom stereocenters. The summed E-state index contributed by atoms with van der Waals surface area (Å²) in [6.45, 7) is 2.08. The van der Waals surface area contributed by atoms with Gasteiger partial charge in [-0.05, 0) is 48.4 Å². The molecule has 23 heavy (non-hydrogen) atoms. The van der Waals surface area contributed by atoms with Crippen LogP contribution >= 0.6 is 11.8 Å².